The van der Waals surface area contributed by atoms with Crippen molar-refractivity contribution in [2.24, 2.45) is 0 Å². The molecule has 0 amide bonds. The summed E-state index contributed by atoms with van der Waals surface area (Å²) in [6.45, 7) is 4.00. The summed E-state index contributed by atoms with van der Waals surface area (Å²) in [6.07, 6.45) is 7.57. The third-order valence-electron chi connectivity index (χ3n) is 0.975. The molecule has 1 aliphatic rings. The molecule has 9 heavy (non-hydrogen) atoms. The van der Waals surface area contributed by atoms with Crippen LogP contribution < -0.4 is 0 Å². The molecule has 0 atom stereocenters. The Morgan fingerprint density at radius 2 is 2.00 bits per heavy atom. The highest BCUT2D eigenvalue weighted by atomic mass is 16.3. The minimum Gasteiger partial charge on any atom is -0.508 e. The summed E-state index contributed by atoms with van der Waals surface area (Å²) in [5, 5.41) is 8.68. The van der Waals surface area contributed by atoms with E-state index in [1.165, 1.54) is 0 Å². The molecule has 1 heteroatoms. The normalized spacial score (nSPS) is 15.6. The van der Waals surface area contributed by atoms with E-state index in [2.05, 4.69) is 0 Å². The molecule has 52 valence electrons. The monoisotopic (exact) mass is 126 g/mol. The lowest BCUT2D eigenvalue weighted by Gasteiger charge is -1.95. The fourth-order valence-corrected chi connectivity index (χ4v) is 0.600. The molecule has 0 spiro atoms. The highest BCUT2D eigenvalue weighted by Crippen LogP contribution is 2.04. The molecule has 0 heterocycles. The lowest BCUT2D eigenvalue weighted by atomic mass is 10.2. The summed E-state index contributed by atoms with van der Waals surface area (Å²) in [4.78, 5) is 0. The highest BCUT2D eigenvalue weighted by molar-refractivity contribution is 5.14. The molecule has 0 aromatic rings. The third-order valence-corrected chi connectivity index (χ3v) is 0.975. The van der Waals surface area contributed by atoms with E-state index in [4.69, 9.17) is 5.11 Å². The lowest BCUT2D eigenvalue weighted by molar-refractivity contribution is 0.427. The van der Waals surface area contributed by atoms with E-state index in [-0.39, 0.29) is 0 Å². The van der Waals surface area contributed by atoms with Crippen molar-refractivity contribution in [1.82, 2.24) is 0 Å². The maximum absolute atomic E-state index is 8.68. The first kappa shape index (κ1) is 8.28. The van der Waals surface area contributed by atoms with E-state index < -0.39 is 0 Å². The van der Waals surface area contributed by atoms with Crippen LogP contribution >= 0.6 is 0 Å². The Labute approximate surface area is 56.7 Å². The zero-order chi connectivity index (χ0) is 7.11. The smallest absolute Gasteiger partial charge is 0.111 e. The predicted octanol–water partition coefficient (Wildman–Crippen LogP) is 2.80. The van der Waals surface area contributed by atoms with Gasteiger partial charge in [0.15, 0.2) is 0 Å². The summed E-state index contributed by atoms with van der Waals surface area (Å²) in [6, 6.07) is 0. The Kier molecular flexibility index (Phi) is 4.98. The number of aliphatic hydroxyl groups excluding tert-OH is 1. The second-order valence-corrected chi connectivity index (χ2v) is 1.61. The number of hydrogen-bond donors (Lipinski definition) is 1. The van der Waals surface area contributed by atoms with Gasteiger partial charge in [0.25, 0.3) is 0 Å². The molecule has 1 aliphatic carbocycles. The van der Waals surface area contributed by atoms with E-state index in [0.717, 1.165) is 12.8 Å². The van der Waals surface area contributed by atoms with Crippen LogP contribution in [0.2, 0.25) is 0 Å². The summed E-state index contributed by atoms with van der Waals surface area (Å²) in [5.41, 5.74) is 0. The van der Waals surface area contributed by atoms with Gasteiger partial charge >= 0.3 is 0 Å². The Hall–Kier alpha value is -0.720. The molecule has 0 saturated carbocycles. The quantitative estimate of drug-likeness (QED) is 0.529. The number of hydrogen-bond acceptors (Lipinski definition) is 1. The van der Waals surface area contributed by atoms with E-state index in [1.54, 1.807) is 6.08 Å². The lowest BCUT2D eigenvalue weighted by Crippen LogP contribution is -1.79. The van der Waals surface area contributed by atoms with Gasteiger partial charge in [0.05, 0.1) is 0 Å². The average Bonchev–Trinajstić information content (AvgIpc) is 1.94. The van der Waals surface area contributed by atoms with Gasteiger partial charge in [-0.1, -0.05) is 19.9 Å². The van der Waals surface area contributed by atoms with Crippen molar-refractivity contribution >= 4 is 0 Å². The van der Waals surface area contributed by atoms with Crippen LogP contribution in [-0.2, 0) is 0 Å². The van der Waals surface area contributed by atoms with Crippen molar-refractivity contribution in [1.29, 1.82) is 0 Å². The average molecular weight is 126 g/mol. The Bertz CT molecular complexity index is 112. The van der Waals surface area contributed by atoms with Crippen LogP contribution in [0.1, 0.15) is 26.7 Å². The second-order valence-electron chi connectivity index (χ2n) is 1.61. The zero-order valence-electron chi connectivity index (χ0n) is 6.09. The molecule has 0 saturated heterocycles. The van der Waals surface area contributed by atoms with E-state index in [0.29, 0.717) is 5.76 Å². The van der Waals surface area contributed by atoms with Gasteiger partial charge in [-0.25, -0.2) is 0 Å². The first-order valence-corrected chi connectivity index (χ1v) is 3.45. The summed E-state index contributed by atoms with van der Waals surface area (Å²) >= 11 is 0. The van der Waals surface area contributed by atoms with Crippen molar-refractivity contribution in [3.05, 3.63) is 24.0 Å². The van der Waals surface area contributed by atoms with Crippen LogP contribution in [0.3, 0.4) is 0 Å². The van der Waals surface area contributed by atoms with Crippen LogP contribution in [0.25, 0.3) is 0 Å². The minimum absolute atomic E-state index is 0.409. The van der Waals surface area contributed by atoms with E-state index in [9.17, 15) is 0 Å². The molecule has 0 aliphatic heterocycles. The van der Waals surface area contributed by atoms with Crippen molar-refractivity contribution in [3.63, 3.8) is 0 Å². The first-order chi connectivity index (χ1) is 4.39. The maximum atomic E-state index is 8.68. The molecule has 0 unspecified atom stereocenters. The molecule has 0 aromatic heterocycles. The molecule has 0 fully saturated rings. The molecule has 0 radical (unpaired) electrons. The van der Waals surface area contributed by atoms with Crippen LogP contribution in [0.4, 0.5) is 0 Å². The Morgan fingerprint density at radius 3 is 2.22 bits per heavy atom. The predicted molar refractivity (Wildman–Crippen MR) is 40.4 cm³/mol. The van der Waals surface area contributed by atoms with Gasteiger partial charge in [0.2, 0.25) is 0 Å². The Morgan fingerprint density at radius 1 is 1.33 bits per heavy atom. The van der Waals surface area contributed by atoms with Crippen molar-refractivity contribution in [2.45, 2.75) is 26.7 Å². The minimum atomic E-state index is 0.409. The van der Waals surface area contributed by atoms with Gasteiger partial charge in [-0.2, -0.15) is 0 Å². The molecule has 0 aromatic carbocycles. The fraction of sp³-hybridized carbons (Fsp3) is 0.500. The molecule has 0 bridgehead atoms. The van der Waals surface area contributed by atoms with Gasteiger partial charge in [-0.15, -0.1) is 0 Å². The molecule has 1 N–H and O–H groups in total. The molecule has 1 nitrogen and oxygen atoms in total. The largest absolute Gasteiger partial charge is 0.508 e. The maximum Gasteiger partial charge on any atom is 0.111 e. The van der Waals surface area contributed by atoms with E-state index in [1.807, 2.05) is 26.0 Å². The van der Waals surface area contributed by atoms with Gasteiger partial charge in [-0.3, -0.25) is 0 Å². The van der Waals surface area contributed by atoms with Crippen LogP contribution in [-0.4, -0.2) is 5.11 Å². The number of rotatable bonds is 0. The zero-order valence-corrected chi connectivity index (χ0v) is 6.09. The molecule has 1 rings (SSSR count). The summed E-state index contributed by atoms with van der Waals surface area (Å²) < 4.78 is 0. The van der Waals surface area contributed by atoms with Crippen molar-refractivity contribution < 1.29 is 5.11 Å². The summed E-state index contributed by atoms with van der Waals surface area (Å²) in [7, 11) is 0. The number of allylic oxidation sites excluding steroid dienone is 3. The van der Waals surface area contributed by atoms with Gasteiger partial charge < -0.3 is 5.11 Å². The summed E-state index contributed by atoms with van der Waals surface area (Å²) in [5.74, 6) is 0.409. The number of aliphatic hydroxyl groups is 1. The molecular weight excluding hydrogens is 112 g/mol. The first-order valence-electron chi connectivity index (χ1n) is 3.45. The van der Waals surface area contributed by atoms with Crippen LogP contribution in [0.5, 0.6) is 0 Å². The van der Waals surface area contributed by atoms with Crippen molar-refractivity contribution in [3.8, 4) is 0 Å². The van der Waals surface area contributed by atoms with Gasteiger partial charge in [0.1, 0.15) is 5.76 Å². The SMILES string of the molecule is CC.OC1=CCCC=C1. The van der Waals surface area contributed by atoms with Crippen LogP contribution in [0, 0.1) is 0 Å². The van der Waals surface area contributed by atoms with Crippen LogP contribution in [0.15, 0.2) is 24.0 Å². The fourth-order valence-electron chi connectivity index (χ4n) is 0.600. The third kappa shape index (κ3) is 3.83. The standard InChI is InChI=1S/C6H8O.C2H6/c7-6-4-2-1-3-5-6;1-2/h2,4-5,7H,1,3H2;1-2H3. The second kappa shape index (κ2) is 5.42. The highest BCUT2D eigenvalue weighted by Gasteiger charge is 1.88. The van der Waals surface area contributed by atoms with E-state index >= 15 is 0 Å². The van der Waals surface area contributed by atoms with Gasteiger partial charge in [0, 0.05) is 0 Å². The van der Waals surface area contributed by atoms with Gasteiger partial charge in [-0.05, 0) is 25.0 Å². The Balaban J connectivity index is 0.000000291. The topological polar surface area (TPSA) is 20.2 Å². The van der Waals surface area contributed by atoms with Crippen molar-refractivity contribution in [2.75, 3.05) is 0 Å². The molecular formula is C8H14O.